The molecule has 0 atom stereocenters. The standard InChI is InChI=1S/C18H33ClN2.2C2H6/c1-9-11-15(19)20-16(12-14(3)10-2)21-18(7,8)13-17(4,5)6;2*1-2/h11-12H,9-10,13H2,1-8H3,(H,20,21);2*1-2H3/b14-12+,15-11+;;. The van der Waals surface area contributed by atoms with Gasteiger partial charge in [-0.05, 0) is 57.6 Å². The number of hydrogen-bond donors (Lipinski definition) is 1. The van der Waals surface area contributed by atoms with Crippen LogP contribution in [0.15, 0.2) is 27.9 Å². The lowest BCUT2D eigenvalue weighted by molar-refractivity contribution is 0.288. The molecule has 0 heterocycles. The van der Waals surface area contributed by atoms with Crippen LogP contribution >= 0.6 is 11.6 Å². The lowest BCUT2D eigenvalue weighted by Crippen LogP contribution is -2.30. The molecule has 25 heavy (non-hydrogen) atoms. The van der Waals surface area contributed by atoms with E-state index < -0.39 is 0 Å². The minimum absolute atomic E-state index is 0.130. The number of allylic oxidation sites excluding steroid dienone is 2. The van der Waals surface area contributed by atoms with Gasteiger partial charge in [0, 0.05) is 0 Å². The number of nitrogens with one attached hydrogen (secondary N) is 1. The summed E-state index contributed by atoms with van der Waals surface area (Å²) in [6, 6.07) is 0. The Kier molecular flexibility index (Phi) is 18.0. The highest BCUT2D eigenvalue weighted by atomic mass is 35.5. The van der Waals surface area contributed by atoms with E-state index in [4.69, 9.17) is 16.6 Å². The minimum atomic E-state index is -0.130. The van der Waals surface area contributed by atoms with Crippen LogP contribution in [0.3, 0.4) is 0 Å². The first-order valence-electron chi connectivity index (χ1n) is 9.89. The van der Waals surface area contributed by atoms with E-state index in [2.05, 4.69) is 66.8 Å². The summed E-state index contributed by atoms with van der Waals surface area (Å²) < 4.78 is 0. The molecular formula is C22H45ClN2. The minimum Gasteiger partial charge on any atom is -0.331 e. The van der Waals surface area contributed by atoms with Gasteiger partial charge in [-0.3, -0.25) is 4.99 Å². The van der Waals surface area contributed by atoms with Crippen LogP contribution in [0, 0.1) is 5.41 Å². The molecule has 0 saturated heterocycles. The average molecular weight is 373 g/mol. The van der Waals surface area contributed by atoms with E-state index in [-0.39, 0.29) is 11.0 Å². The molecule has 0 fully saturated rings. The summed E-state index contributed by atoms with van der Waals surface area (Å²) in [6.45, 7) is 25.4. The Morgan fingerprint density at radius 1 is 1.00 bits per heavy atom. The van der Waals surface area contributed by atoms with Crippen molar-refractivity contribution in [2.75, 3.05) is 0 Å². The molecule has 150 valence electrons. The summed E-state index contributed by atoms with van der Waals surface area (Å²) in [4.78, 5) is 4.91. The molecule has 0 bridgehead atoms. The summed E-state index contributed by atoms with van der Waals surface area (Å²) in [5.41, 5.74) is 1.40. The molecule has 3 heteroatoms. The van der Waals surface area contributed by atoms with Crippen molar-refractivity contribution >= 4 is 17.4 Å². The van der Waals surface area contributed by atoms with Crippen LogP contribution in [0.5, 0.6) is 0 Å². The van der Waals surface area contributed by atoms with Gasteiger partial charge in [0.25, 0.3) is 0 Å². The second-order valence-electron chi connectivity index (χ2n) is 7.48. The fraction of sp³-hybridized carbons (Fsp3) is 0.773. The molecule has 0 aliphatic rings. The molecule has 0 aromatic heterocycles. The van der Waals surface area contributed by atoms with E-state index in [1.165, 1.54) is 5.57 Å². The zero-order valence-corrected chi connectivity index (χ0v) is 19.9. The Labute approximate surface area is 164 Å². The van der Waals surface area contributed by atoms with Crippen LogP contribution in [0.25, 0.3) is 0 Å². The van der Waals surface area contributed by atoms with Gasteiger partial charge in [0.1, 0.15) is 11.0 Å². The first-order chi connectivity index (χ1) is 11.5. The fourth-order valence-corrected chi connectivity index (χ4v) is 2.70. The molecule has 0 aliphatic carbocycles. The molecule has 0 aliphatic heterocycles. The van der Waals surface area contributed by atoms with Gasteiger partial charge in [-0.2, -0.15) is 0 Å². The summed E-state index contributed by atoms with van der Waals surface area (Å²) in [5, 5.41) is 3.87. The van der Waals surface area contributed by atoms with E-state index >= 15 is 0 Å². The number of nitrogens with zero attached hydrogens (tertiary/aromatic N) is 1. The van der Waals surface area contributed by atoms with Crippen molar-refractivity contribution in [1.82, 2.24) is 5.32 Å². The van der Waals surface area contributed by atoms with Crippen LogP contribution < -0.4 is 5.32 Å². The number of halogens is 1. The molecule has 0 saturated carbocycles. The van der Waals surface area contributed by atoms with Crippen molar-refractivity contribution in [1.29, 1.82) is 0 Å². The first-order valence-corrected chi connectivity index (χ1v) is 10.3. The molecule has 0 radical (unpaired) electrons. The van der Waals surface area contributed by atoms with Gasteiger partial charge < -0.3 is 5.32 Å². The first kappa shape index (κ1) is 29.0. The third-order valence-corrected chi connectivity index (χ3v) is 3.21. The number of rotatable bonds is 6. The fourth-order valence-electron chi connectivity index (χ4n) is 2.45. The van der Waals surface area contributed by atoms with E-state index in [0.717, 1.165) is 25.1 Å². The third-order valence-electron chi connectivity index (χ3n) is 2.96. The van der Waals surface area contributed by atoms with Crippen LogP contribution in [-0.2, 0) is 0 Å². The maximum absolute atomic E-state index is 6.20. The molecule has 0 unspecified atom stereocenters. The lowest BCUT2D eigenvalue weighted by Gasteiger charge is -2.29. The van der Waals surface area contributed by atoms with E-state index in [9.17, 15) is 0 Å². The van der Waals surface area contributed by atoms with Crippen LogP contribution in [0.4, 0.5) is 0 Å². The van der Waals surface area contributed by atoms with Crippen molar-refractivity contribution in [2.45, 2.75) is 108 Å². The Bertz CT molecular complexity index is 410. The monoisotopic (exact) mass is 372 g/mol. The number of aliphatic imine (C=N–C) groups is 1. The summed E-state index contributed by atoms with van der Waals surface area (Å²) in [6.07, 6.45) is 6.98. The predicted octanol–water partition coefficient (Wildman–Crippen LogP) is 8.09. The van der Waals surface area contributed by atoms with Gasteiger partial charge in [-0.15, -0.1) is 0 Å². The second kappa shape index (κ2) is 15.5. The maximum Gasteiger partial charge on any atom is 0.126 e. The highest BCUT2D eigenvalue weighted by molar-refractivity contribution is 6.30. The van der Waals surface area contributed by atoms with Crippen molar-refractivity contribution in [3.05, 3.63) is 22.9 Å². The molecule has 2 nitrogen and oxygen atoms in total. The Hall–Kier alpha value is -0.760. The van der Waals surface area contributed by atoms with Crippen LogP contribution in [-0.4, -0.2) is 11.4 Å². The molecule has 0 aromatic rings. The smallest absolute Gasteiger partial charge is 0.126 e. The molecule has 1 N–H and O–H groups in total. The second-order valence-corrected chi connectivity index (χ2v) is 7.88. The molecule has 0 amide bonds. The van der Waals surface area contributed by atoms with Crippen molar-refractivity contribution < 1.29 is 0 Å². The highest BCUT2D eigenvalue weighted by Crippen LogP contribution is 2.29. The quantitative estimate of drug-likeness (QED) is 0.284. The van der Waals surface area contributed by atoms with Crippen molar-refractivity contribution in [3.63, 3.8) is 0 Å². The van der Waals surface area contributed by atoms with Gasteiger partial charge >= 0.3 is 0 Å². The molecular weight excluding hydrogens is 328 g/mol. The van der Waals surface area contributed by atoms with Gasteiger partial charge in [0.2, 0.25) is 0 Å². The summed E-state index contributed by atoms with van der Waals surface area (Å²) >= 11 is 6.20. The topological polar surface area (TPSA) is 24.4 Å². The van der Waals surface area contributed by atoms with E-state index in [0.29, 0.717) is 5.16 Å². The van der Waals surface area contributed by atoms with E-state index in [1.807, 2.05) is 33.8 Å². The predicted molar refractivity (Wildman–Crippen MR) is 120 cm³/mol. The number of hydrogen-bond acceptors (Lipinski definition) is 1. The summed E-state index contributed by atoms with van der Waals surface area (Å²) in [7, 11) is 0. The Balaban J connectivity index is -0.00000112. The molecule has 0 aromatic carbocycles. The highest BCUT2D eigenvalue weighted by Gasteiger charge is 2.25. The maximum atomic E-state index is 6.20. The van der Waals surface area contributed by atoms with Gasteiger partial charge in [-0.1, -0.05) is 79.5 Å². The average Bonchev–Trinajstić information content (AvgIpc) is 2.48. The largest absolute Gasteiger partial charge is 0.331 e. The van der Waals surface area contributed by atoms with Gasteiger partial charge in [-0.25, -0.2) is 0 Å². The van der Waals surface area contributed by atoms with Crippen molar-refractivity contribution in [2.24, 2.45) is 10.4 Å². The normalized spacial score (nSPS) is 13.4. The zero-order chi connectivity index (χ0) is 20.7. The third kappa shape index (κ3) is 19.4. The molecule has 0 rings (SSSR count). The van der Waals surface area contributed by atoms with E-state index in [1.54, 1.807) is 0 Å². The zero-order valence-electron chi connectivity index (χ0n) is 19.1. The van der Waals surface area contributed by atoms with Crippen LogP contribution in [0.2, 0.25) is 0 Å². The number of amidine groups is 1. The molecule has 0 spiro atoms. The van der Waals surface area contributed by atoms with Gasteiger partial charge in [0.15, 0.2) is 0 Å². The lowest BCUT2D eigenvalue weighted by atomic mass is 9.82. The Morgan fingerprint density at radius 3 is 1.84 bits per heavy atom. The SMILES string of the molecule is CC.CC.CC/C=C(\Cl)NC(/C=C(\C)CC)=NC(C)(C)CC(C)(C)C. The van der Waals surface area contributed by atoms with Crippen LogP contribution in [0.1, 0.15) is 102 Å². The Morgan fingerprint density at radius 2 is 1.48 bits per heavy atom. The van der Waals surface area contributed by atoms with Crippen molar-refractivity contribution in [3.8, 4) is 0 Å². The van der Waals surface area contributed by atoms with Gasteiger partial charge in [0.05, 0.1) is 5.54 Å². The summed E-state index contributed by atoms with van der Waals surface area (Å²) in [5.74, 6) is 0.846.